The lowest BCUT2D eigenvalue weighted by molar-refractivity contribution is -0.117. The van der Waals surface area contributed by atoms with Crippen molar-refractivity contribution in [1.82, 2.24) is 0 Å². The second-order valence-corrected chi connectivity index (χ2v) is 8.44. The lowest BCUT2D eigenvalue weighted by Crippen LogP contribution is -2.31. The van der Waals surface area contributed by atoms with Gasteiger partial charge in [0.05, 0.1) is 25.3 Å². The summed E-state index contributed by atoms with van der Waals surface area (Å²) in [6, 6.07) is 22.1. The van der Waals surface area contributed by atoms with Crippen molar-refractivity contribution < 1.29 is 28.6 Å². The van der Waals surface area contributed by atoms with Crippen LogP contribution in [0.25, 0.3) is 11.0 Å². The van der Waals surface area contributed by atoms with Gasteiger partial charge in [-0.3, -0.25) is 14.5 Å². The summed E-state index contributed by atoms with van der Waals surface area (Å²) in [6.45, 7) is 2.60. The van der Waals surface area contributed by atoms with Crippen LogP contribution < -0.4 is 14.4 Å². The smallest absolute Gasteiger partial charge is 0.294 e. The molecule has 1 aliphatic heterocycles. The minimum atomic E-state index is -0.884. The molecule has 0 saturated heterocycles. The lowest BCUT2D eigenvalue weighted by atomic mass is 9.94. The third-order valence-electron chi connectivity index (χ3n) is 6.10. The van der Waals surface area contributed by atoms with E-state index in [4.69, 9.17) is 13.9 Å². The molecule has 5 rings (SSSR count). The van der Waals surface area contributed by atoms with Crippen molar-refractivity contribution >= 4 is 28.3 Å². The van der Waals surface area contributed by atoms with Gasteiger partial charge >= 0.3 is 0 Å². The number of hydrogen-bond acceptors (Lipinski definition) is 6. The zero-order valence-corrected chi connectivity index (χ0v) is 19.9. The van der Waals surface area contributed by atoms with E-state index in [-0.39, 0.29) is 11.3 Å². The van der Waals surface area contributed by atoms with Crippen molar-refractivity contribution in [2.24, 2.45) is 0 Å². The van der Waals surface area contributed by atoms with Gasteiger partial charge in [-0.05, 0) is 48.4 Å². The molecular formula is C29H25NO6. The summed E-state index contributed by atoms with van der Waals surface area (Å²) in [7, 11) is 1.53. The van der Waals surface area contributed by atoms with Gasteiger partial charge in [-0.1, -0.05) is 43.3 Å². The van der Waals surface area contributed by atoms with Crippen LogP contribution >= 0.6 is 0 Å². The minimum Gasteiger partial charge on any atom is -0.503 e. The van der Waals surface area contributed by atoms with Crippen LogP contribution in [0.2, 0.25) is 0 Å². The molecule has 7 nitrogen and oxygen atoms in total. The predicted octanol–water partition coefficient (Wildman–Crippen LogP) is 6.01. The number of carbonyl (C=O) groups excluding carboxylic acids is 2. The highest BCUT2D eigenvalue weighted by Gasteiger charge is 2.45. The quantitative estimate of drug-likeness (QED) is 0.309. The van der Waals surface area contributed by atoms with Gasteiger partial charge in [0.15, 0.2) is 11.5 Å². The normalized spacial score (nSPS) is 15.6. The van der Waals surface area contributed by atoms with Crippen molar-refractivity contribution in [3.63, 3.8) is 0 Å². The second-order valence-electron chi connectivity index (χ2n) is 8.44. The predicted molar refractivity (Wildman–Crippen MR) is 136 cm³/mol. The van der Waals surface area contributed by atoms with Crippen LogP contribution in [0, 0.1) is 0 Å². The van der Waals surface area contributed by atoms with E-state index in [1.165, 1.54) is 12.0 Å². The first-order valence-electron chi connectivity index (χ1n) is 11.7. The first-order valence-corrected chi connectivity index (χ1v) is 11.7. The Morgan fingerprint density at radius 1 is 1.00 bits per heavy atom. The number of methoxy groups -OCH3 is 1. The highest BCUT2D eigenvalue weighted by atomic mass is 16.5. The average Bonchev–Trinajstić information content (AvgIpc) is 3.46. The Morgan fingerprint density at radius 3 is 2.50 bits per heavy atom. The van der Waals surface area contributed by atoms with Crippen molar-refractivity contribution in [2.75, 3.05) is 18.6 Å². The van der Waals surface area contributed by atoms with E-state index in [2.05, 4.69) is 0 Å². The molecule has 0 bridgehead atoms. The largest absolute Gasteiger partial charge is 0.503 e. The van der Waals surface area contributed by atoms with Gasteiger partial charge in [-0.2, -0.15) is 0 Å². The molecule has 3 aromatic carbocycles. The number of Topliss-reactive ketones (excluding diaryl/α,β-unsaturated/α-hetero) is 1. The molecule has 0 spiro atoms. The number of benzene rings is 3. The van der Waals surface area contributed by atoms with Crippen molar-refractivity contribution in [2.45, 2.75) is 19.4 Å². The molecule has 36 heavy (non-hydrogen) atoms. The van der Waals surface area contributed by atoms with E-state index in [0.29, 0.717) is 34.9 Å². The number of para-hydroxylation sites is 1. The van der Waals surface area contributed by atoms with E-state index < -0.39 is 23.5 Å². The number of ether oxygens (including phenoxy) is 2. The van der Waals surface area contributed by atoms with Crippen LogP contribution in [0.3, 0.4) is 0 Å². The third-order valence-corrected chi connectivity index (χ3v) is 6.10. The van der Waals surface area contributed by atoms with Gasteiger partial charge in [0, 0.05) is 17.1 Å². The second kappa shape index (κ2) is 9.62. The summed E-state index contributed by atoms with van der Waals surface area (Å²) in [5, 5.41) is 11.7. The standard InChI is InChI=1S/C29H25NO6/c1-3-15-35-21-13-11-18(12-14-21)26-25(27(31)24-16-19-7-4-5-10-23(19)36-24)28(32)29(33)30(26)20-8-6-9-22(17-20)34-2/h4-14,16-17,26,32H,3,15H2,1-2H3. The van der Waals surface area contributed by atoms with E-state index in [1.54, 1.807) is 60.7 Å². The molecule has 2 heterocycles. The van der Waals surface area contributed by atoms with Crippen LogP contribution in [-0.2, 0) is 4.79 Å². The Morgan fingerprint density at radius 2 is 1.78 bits per heavy atom. The number of nitrogens with zero attached hydrogens (tertiary/aromatic N) is 1. The zero-order valence-electron chi connectivity index (χ0n) is 19.9. The number of fused-ring (bicyclic) bond motifs is 1. The summed E-state index contributed by atoms with van der Waals surface area (Å²) in [6.07, 6.45) is 0.870. The Kier molecular flexibility index (Phi) is 6.21. The van der Waals surface area contributed by atoms with Crippen molar-refractivity contribution in [3.8, 4) is 11.5 Å². The summed E-state index contributed by atoms with van der Waals surface area (Å²) >= 11 is 0. The number of hydrogen-bond donors (Lipinski definition) is 1. The molecule has 0 radical (unpaired) electrons. The monoisotopic (exact) mass is 483 g/mol. The van der Waals surface area contributed by atoms with Gasteiger partial charge in [0.25, 0.3) is 5.91 Å². The van der Waals surface area contributed by atoms with E-state index in [9.17, 15) is 14.7 Å². The Hall–Kier alpha value is -4.52. The first kappa shape index (κ1) is 23.2. The molecule has 1 unspecified atom stereocenters. The summed E-state index contributed by atoms with van der Waals surface area (Å²) in [4.78, 5) is 28.5. The number of anilines is 1. The van der Waals surface area contributed by atoms with Crippen LogP contribution in [0.1, 0.15) is 35.5 Å². The molecule has 182 valence electrons. The van der Waals surface area contributed by atoms with Crippen LogP contribution in [0.5, 0.6) is 11.5 Å². The molecule has 1 N–H and O–H groups in total. The number of aliphatic hydroxyl groups excluding tert-OH is 1. The third kappa shape index (κ3) is 4.09. The topological polar surface area (TPSA) is 89.2 Å². The van der Waals surface area contributed by atoms with Crippen LogP contribution in [0.4, 0.5) is 5.69 Å². The highest BCUT2D eigenvalue weighted by Crippen LogP contribution is 2.43. The molecule has 1 amide bonds. The van der Waals surface area contributed by atoms with Crippen LogP contribution in [-0.4, -0.2) is 30.5 Å². The first-order chi connectivity index (χ1) is 17.5. The highest BCUT2D eigenvalue weighted by molar-refractivity contribution is 6.20. The number of aliphatic hydroxyl groups is 1. The number of rotatable bonds is 8. The zero-order chi connectivity index (χ0) is 25.2. The maximum Gasteiger partial charge on any atom is 0.294 e. The van der Waals surface area contributed by atoms with Crippen molar-refractivity contribution in [3.05, 3.63) is 102 Å². The summed E-state index contributed by atoms with van der Waals surface area (Å²) < 4.78 is 16.8. The molecule has 1 atom stereocenters. The van der Waals surface area contributed by atoms with Gasteiger partial charge in [0.2, 0.25) is 5.78 Å². The Balaban J connectivity index is 1.61. The van der Waals surface area contributed by atoms with E-state index in [0.717, 1.165) is 11.8 Å². The lowest BCUT2D eigenvalue weighted by Gasteiger charge is -2.27. The Bertz CT molecular complexity index is 1430. The number of carbonyl (C=O) groups is 2. The fourth-order valence-electron chi connectivity index (χ4n) is 4.37. The van der Waals surface area contributed by atoms with Crippen LogP contribution in [0.15, 0.2) is 94.6 Å². The molecular weight excluding hydrogens is 458 g/mol. The minimum absolute atomic E-state index is 0.0472. The molecule has 1 aromatic heterocycles. The molecule has 4 aromatic rings. The molecule has 0 fully saturated rings. The number of furan rings is 1. The number of amides is 1. The molecule has 7 heteroatoms. The molecule has 1 aliphatic rings. The van der Waals surface area contributed by atoms with Gasteiger partial charge in [-0.25, -0.2) is 0 Å². The fraction of sp³-hybridized carbons (Fsp3) is 0.172. The summed E-state index contributed by atoms with van der Waals surface area (Å²) in [5.41, 5.74) is 1.61. The van der Waals surface area contributed by atoms with Gasteiger partial charge in [0.1, 0.15) is 17.1 Å². The maximum atomic E-state index is 13.7. The molecule has 0 aliphatic carbocycles. The van der Waals surface area contributed by atoms with E-state index >= 15 is 0 Å². The summed E-state index contributed by atoms with van der Waals surface area (Å²) in [5.74, 6) is -0.585. The molecule has 0 saturated carbocycles. The number of ketones is 1. The maximum absolute atomic E-state index is 13.7. The van der Waals surface area contributed by atoms with Gasteiger partial charge in [-0.15, -0.1) is 0 Å². The fourth-order valence-corrected chi connectivity index (χ4v) is 4.37. The van der Waals surface area contributed by atoms with Gasteiger partial charge < -0.3 is 19.0 Å². The Labute approximate surface area is 208 Å². The van der Waals surface area contributed by atoms with Crippen molar-refractivity contribution in [1.29, 1.82) is 0 Å². The average molecular weight is 484 g/mol. The SMILES string of the molecule is CCCOc1ccc(C2C(C(=O)c3cc4ccccc4o3)=C(O)C(=O)N2c2cccc(OC)c2)cc1. The van der Waals surface area contributed by atoms with E-state index in [1.807, 2.05) is 25.1 Å².